The summed E-state index contributed by atoms with van der Waals surface area (Å²) in [6.07, 6.45) is 2.21. The lowest BCUT2D eigenvalue weighted by Gasteiger charge is -2.06. The van der Waals surface area contributed by atoms with Crippen LogP contribution in [0.3, 0.4) is 0 Å². The van der Waals surface area contributed by atoms with E-state index >= 15 is 0 Å². The van der Waals surface area contributed by atoms with E-state index in [1.165, 1.54) is 10.9 Å². The SMILES string of the molecule is CC(C)CCNC(=O)Cn1cc(CC(=O)O)nn1. The molecular formula is C11H18N4O3. The summed E-state index contributed by atoms with van der Waals surface area (Å²) in [4.78, 5) is 22.0. The Morgan fingerprint density at radius 1 is 1.50 bits per heavy atom. The summed E-state index contributed by atoms with van der Waals surface area (Å²) >= 11 is 0. The van der Waals surface area contributed by atoms with Crippen LogP contribution in [0, 0.1) is 5.92 Å². The van der Waals surface area contributed by atoms with Crippen molar-refractivity contribution in [3.8, 4) is 0 Å². The number of rotatable bonds is 7. The third-order valence-corrected chi connectivity index (χ3v) is 2.27. The highest BCUT2D eigenvalue weighted by molar-refractivity contribution is 5.75. The molecule has 0 aliphatic carbocycles. The van der Waals surface area contributed by atoms with Crippen molar-refractivity contribution in [3.05, 3.63) is 11.9 Å². The van der Waals surface area contributed by atoms with E-state index in [9.17, 15) is 9.59 Å². The molecule has 7 nitrogen and oxygen atoms in total. The predicted molar refractivity (Wildman–Crippen MR) is 63.8 cm³/mol. The van der Waals surface area contributed by atoms with E-state index in [1.807, 2.05) is 0 Å². The minimum Gasteiger partial charge on any atom is -0.481 e. The van der Waals surface area contributed by atoms with Crippen LogP contribution in [-0.4, -0.2) is 38.5 Å². The smallest absolute Gasteiger partial charge is 0.309 e. The maximum Gasteiger partial charge on any atom is 0.309 e. The number of nitrogens with one attached hydrogen (secondary N) is 1. The Labute approximate surface area is 105 Å². The van der Waals surface area contributed by atoms with Gasteiger partial charge in [-0.15, -0.1) is 5.10 Å². The first-order valence-electron chi connectivity index (χ1n) is 5.85. The fraction of sp³-hybridized carbons (Fsp3) is 0.636. The van der Waals surface area contributed by atoms with Crippen LogP contribution in [0.1, 0.15) is 26.0 Å². The molecule has 0 fully saturated rings. The lowest BCUT2D eigenvalue weighted by Crippen LogP contribution is -2.29. The molecule has 0 aliphatic rings. The van der Waals surface area contributed by atoms with Crippen molar-refractivity contribution < 1.29 is 14.7 Å². The van der Waals surface area contributed by atoms with Gasteiger partial charge in [0.15, 0.2) is 0 Å². The molecule has 2 N–H and O–H groups in total. The highest BCUT2D eigenvalue weighted by Crippen LogP contribution is 1.97. The lowest BCUT2D eigenvalue weighted by molar-refractivity contribution is -0.136. The zero-order valence-electron chi connectivity index (χ0n) is 10.6. The number of nitrogens with zero attached hydrogens (tertiary/aromatic N) is 3. The molecule has 1 rings (SSSR count). The van der Waals surface area contributed by atoms with Crippen molar-refractivity contribution in [2.75, 3.05) is 6.54 Å². The number of hydrogen-bond acceptors (Lipinski definition) is 4. The molecule has 1 amide bonds. The first kappa shape index (κ1) is 14.1. The number of hydrogen-bond donors (Lipinski definition) is 2. The molecule has 0 saturated carbocycles. The summed E-state index contributed by atoms with van der Waals surface area (Å²) < 4.78 is 1.34. The van der Waals surface area contributed by atoms with Crippen LogP contribution >= 0.6 is 0 Å². The van der Waals surface area contributed by atoms with Crippen molar-refractivity contribution in [1.82, 2.24) is 20.3 Å². The fourth-order valence-corrected chi connectivity index (χ4v) is 1.36. The van der Waals surface area contributed by atoms with Crippen LogP contribution in [0.4, 0.5) is 0 Å². The predicted octanol–water partition coefficient (Wildman–Crippen LogP) is 0.0675. The minimum atomic E-state index is -0.969. The third-order valence-electron chi connectivity index (χ3n) is 2.27. The summed E-state index contributed by atoms with van der Waals surface area (Å²) in [6, 6.07) is 0. The second-order valence-corrected chi connectivity index (χ2v) is 4.51. The second kappa shape index (κ2) is 6.73. The Hall–Kier alpha value is -1.92. The summed E-state index contributed by atoms with van der Waals surface area (Å²) in [7, 11) is 0. The van der Waals surface area contributed by atoms with Crippen molar-refractivity contribution in [2.24, 2.45) is 5.92 Å². The van der Waals surface area contributed by atoms with Crippen LogP contribution in [-0.2, 0) is 22.6 Å². The van der Waals surface area contributed by atoms with Crippen LogP contribution in [0.25, 0.3) is 0 Å². The van der Waals surface area contributed by atoms with Gasteiger partial charge in [0.25, 0.3) is 0 Å². The van der Waals surface area contributed by atoms with Gasteiger partial charge in [-0.25, -0.2) is 4.68 Å². The number of aromatic nitrogens is 3. The van der Waals surface area contributed by atoms with Crippen molar-refractivity contribution in [1.29, 1.82) is 0 Å². The molecule has 100 valence electrons. The highest BCUT2D eigenvalue weighted by Gasteiger charge is 2.08. The molecule has 0 atom stereocenters. The average Bonchev–Trinajstić information content (AvgIpc) is 2.63. The molecule has 0 aromatic carbocycles. The fourth-order valence-electron chi connectivity index (χ4n) is 1.36. The van der Waals surface area contributed by atoms with Gasteiger partial charge in [-0.1, -0.05) is 19.1 Å². The molecule has 1 heterocycles. The quantitative estimate of drug-likeness (QED) is 0.717. The van der Waals surface area contributed by atoms with E-state index in [1.54, 1.807) is 0 Å². The van der Waals surface area contributed by atoms with Crippen molar-refractivity contribution in [2.45, 2.75) is 33.2 Å². The molecule has 1 aromatic heterocycles. The molecule has 0 unspecified atom stereocenters. The first-order chi connectivity index (χ1) is 8.47. The van der Waals surface area contributed by atoms with Crippen molar-refractivity contribution in [3.63, 3.8) is 0 Å². The molecule has 0 spiro atoms. The Bertz CT molecular complexity index is 414. The van der Waals surface area contributed by atoms with Crippen LogP contribution in [0.15, 0.2) is 6.20 Å². The zero-order valence-corrected chi connectivity index (χ0v) is 10.6. The lowest BCUT2D eigenvalue weighted by atomic mass is 10.1. The van der Waals surface area contributed by atoms with Crippen LogP contribution < -0.4 is 5.32 Å². The Morgan fingerprint density at radius 2 is 2.22 bits per heavy atom. The van der Waals surface area contributed by atoms with E-state index in [0.29, 0.717) is 18.2 Å². The molecule has 0 saturated heterocycles. The van der Waals surface area contributed by atoms with E-state index < -0.39 is 5.97 Å². The maximum atomic E-state index is 11.5. The standard InChI is InChI=1S/C11H18N4O3/c1-8(2)3-4-12-10(16)7-15-6-9(13-14-15)5-11(17)18/h6,8H,3-5,7H2,1-2H3,(H,12,16)(H,17,18). The third kappa shape index (κ3) is 5.42. The van der Waals surface area contributed by atoms with E-state index in [4.69, 9.17) is 5.11 Å². The first-order valence-corrected chi connectivity index (χ1v) is 5.85. The molecule has 18 heavy (non-hydrogen) atoms. The van der Waals surface area contributed by atoms with Crippen LogP contribution in [0.5, 0.6) is 0 Å². The topological polar surface area (TPSA) is 97.1 Å². The Balaban J connectivity index is 2.35. The summed E-state index contributed by atoms with van der Waals surface area (Å²) in [5.41, 5.74) is 0.345. The van der Waals surface area contributed by atoms with Gasteiger partial charge in [-0.2, -0.15) is 0 Å². The van der Waals surface area contributed by atoms with Gasteiger partial charge < -0.3 is 10.4 Å². The highest BCUT2D eigenvalue weighted by atomic mass is 16.4. The van der Waals surface area contributed by atoms with E-state index in [0.717, 1.165) is 6.42 Å². The average molecular weight is 254 g/mol. The molecule has 7 heteroatoms. The number of carboxylic acids is 1. The number of amides is 1. The van der Waals surface area contributed by atoms with Gasteiger partial charge in [-0.3, -0.25) is 9.59 Å². The van der Waals surface area contributed by atoms with Gasteiger partial charge >= 0.3 is 5.97 Å². The van der Waals surface area contributed by atoms with Gasteiger partial charge in [0, 0.05) is 12.7 Å². The van der Waals surface area contributed by atoms with Gasteiger partial charge in [0.1, 0.15) is 6.54 Å². The summed E-state index contributed by atoms with van der Waals surface area (Å²) in [5, 5.41) is 18.7. The van der Waals surface area contributed by atoms with Gasteiger partial charge in [0.2, 0.25) is 5.91 Å². The number of aliphatic carboxylic acids is 1. The minimum absolute atomic E-state index is 0.0602. The van der Waals surface area contributed by atoms with Gasteiger partial charge in [0.05, 0.1) is 12.1 Å². The van der Waals surface area contributed by atoms with E-state index in [-0.39, 0.29) is 18.9 Å². The number of carbonyl (C=O) groups excluding carboxylic acids is 1. The largest absolute Gasteiger partial charge is 0.481 e. The zero-order chi connectivity index (χ0) is 13.5. The Kier molecular flexibility index (Phi) is 5.29. The van der Waals surface area contributed by atoms with E-state index in [2.05, 4.69) is 29.5 Å². The number of carbonyl (C=O) groups is 2. The monoisotopic (exact) mass is 254 g/mol. The molecule has 0 aliphatic heterocycles. The summed E-state index contributed by atoms with van der Waals surface area (Å²) in [5.74, 6) is -0.579. The molecule has 0 bridgehead atoms. The van der Waals surface area contributed by atoms with Gasteiger partial charge in [-0.05, 0) is 12.3 Å². The van der Waals surface area contributed by atoms with Crippen LogP contribution in [0.2, 0.25) is 0 Å². The molecule has 0 radical (unpaired) electrons. The maximum absolute atomic E-state index is 11.5. The summed E-state index contributed by atoms with van der Waals surface area (Å²) in [6.45, 7) is 4.86. The number of carboxylic acid groups (broad SMARTS) is 1. The normalized spacial score (nSPS) is 10.6. The molecule has 1 aromatic rings. The molecular weight excluding hydrogens is 236 g/mol. The second-order valence-electron chi connectivity index (χ2n) is 4.51. The Morgan fingerprint density at radius 3 is 2.83 bits per heavy atom. The van der Waals surface area contributed by atoms with Crippen molar-refractivity contribution >= 4 is 11.9 Å².